The van der Waals surface area contributed by atoms with E-state index in [2.05, 4.69) is 10.2 Å². The first-order chi connectivity index (χ1) is 14.3. The molecule has 0 N–H and O–H groups in total. The van der Waals surface area contributed by atoms with Gasteiger partial charge in [-0.2, -0.15) is 10.2 Å². The lowest BCUT2D eigenvalue weighted by atomic mass is 10.2. The summed E-state index contributed by atoms with van der Waals surface area (Å²) in [4.78, 5) is 10.3. The molecule has 0 saturated heterocycles. The van der Waals surface area contributed by atoms with Crippen LogP contribution in [0.5, 0.6) is 0 Å². The molecule has 152 valence electrons. The Balaban J connectivity index is 1.75. The minimum atomic E-state index is -3.39. The number of para-hydroxylation sites is 1. The quantitative estimate of drug-likeness (QED) is 0.348. The molecule has 11 heteroatoms. The molecule has 3 heterocycles. The number of benzene rings is 1. The van der Waals surface area contributed by atoms with Gasteiger partial charge >= 0.3 is 5.88 Å². The summed E-state index contributed by atoms with van der Waals surface area (Å²) in [5, 5.41) is 23.3. The third kappa shape index (κ3) is 3.91. The van der Waals surface area contributed by atoms with E-state index in [1.807, 2.05) is 30.3 Å². The smallest absolute Gasteiger partial charge is 0.399 e. The Bertz CT molecular complexity index is 1300. The Morgan fingerprint density at radius 3 is 2.63 bits per heavy atom. The van der Waals surface area contributed by atoms with Gasteiger partial charge in [-0.25, -0.2) is 18.1 Å². The SMILES string of the molecule is CC1=CS(=O)(=O)C=CN1N=Cc1cn(-c2ccccc2)nc1-c1ccc([N+](=O)[O-])o1. The van der Waals surface area contributed by atoms with Gasteiger partial charge in [0.1, 0.15) is 10.6 Å². The second-order valence-electron chi connectivity index (χ2n) is 6.33. The molecule has 10 nitrogen and oxygen atoms in total. The van der Waals surface area contributed by atoms with Gasteiger partial charge in [-0.3, -0.25) is 10.1 Å². The predicted molar refractivity (Wildman–Crippen MR) is 109 cm³/mol. The first-order valence-electron chi connectivity index (χ1n) is 8.67. The average molecular weight is 425 g/mol. The molecule has 0 saturated carbocycles. The van der Waals surface area contributed by atoms with E-state index in [1.54, 1.807) is 17.8 Å². The first-order valence-corrected chi connectivity index (χ1v) is 10.3. The summed E-state index contributed by atoms with van der Waals surface area (Å²) < 4.78 is 30.1. The molecule has 30 heavy (non-hydrogen) atoms. The fourth-order valence-electron chi connectivity index (χ4n) is 2.78. The van der Waals surface area contributed by atoms with Crippen molar-refractivity contribution in [1.29, 1.82) is 0 Å². The lowest BCUT2D eigenvalue weighted by Crippen LogP contribution is -2.13. The van der Waals surface area contributed by atoms with Crippen LogP contribution in [0.4, 0.5) is 5.88 Å². The maximum absolute atomic E-state index is 11.6. The summed E-state index contributed by atoms with van der Waals surface area (Å²) in [7, 11) is -3.39. The number of nitrogens with zero attached hydrogens (tertiary/aromatic N) is 5. The highest BCUT2D eigenvalue weighted by Crippen LogP contribution is 2.28. The number of sulfone groups is 1. The fraction of sp³-hybridized carbons (Fsp3) is 0.0526. The van der Waals surface area contributed by atoms with Crippen molar-refractivity contribution in [3.8, 4) is 17.1 Å². The molecule has 0 amide bonds. The van der Waals surface area contributed by atoms with Crippen LogP contribution >= 0.6 is 0 Å². The zero-order valence-electron chi connectivity index (χ0n) is 15.6. The molecule has 1 aliphatic heterocycles. The van der Waals surface area contributed by atoms with Gasteiger partial charge in [-0.15, -0.1) is 0 Å². The molecule has 0 spiro atoms. The molecule has 0 fully saturated rings. The maximum atomic E-state index is 11.6. The van der Waals surface area contributed by atoms with Crippen molar-refractivity contribution in [3.05, 3.63) is 87.1 Å². The van der Waals surface area contributed by atoms with Crippen molar-refractivity contribution >= 4 is 21.9 Å². The molecule has 0 bridgehead atoms. The van der Waals surface area contributed by atoms with E-state index in [0.29, 0.717) is 17.0 Å². The van der Waals surface area contributed by atoms with E-state index in [0.717, 1.165) is 16.5 Å². The van der Waals surface area contributed by atoms with Crippen molar-refractivity contribution < 1.29 is 17.8 Å². The number of hydrogen-bond donors (Lipinski definition) is 0. The van der Waals surface area contributed by atoms with Gasteiger partial charge in [0.15, 0.2) is 15.6 Å². The number of aromatic nitrogens is 2. The highest BCUT2D eigenvalue weighted by Gasteiger charge is 2.19. The Hall–Kier alpha value is -3.99. The van der Waals surface area contributed by atoms with Crippen LogP contribution < -0.4 is 0 Å². The molecular weight excluding hydrogens is 410 g/mol. The van der Waals surface area contributed by atoms with Gasteiger partial charge in [0, 0.05) is 18.0 Å². The Labute approximate surface area is 171 Å². The summed E-state index contributed by atoms with van der Waals surface area (Å²) in [5.74, 6) is -0.188. The number of rotatable bonds is 5. The summed E-state index contributed by atoms with van der Waals surface area (Å²) >= 11 is 0. The Morgan fingerprint density at radius 2 is 1.97 bits per heavy atom. The predicted octanol–water partition coefficient (Wildman–Crippen LogP) is 3.44. The van der Waals surface area contributed by atoms with Crippen LogP contribution in [0.15, 0.2) is 80.9 Å². The minimum absolute atomic E-state index is 0.210. The van der Waals surface area contributed by atoms with Crippen LogP contribution in [0.2, 0.25) is 0 Å². The molecule has 0 radical (unpaired) electrons. The molecule has 1 aromatic carbocycles. The highest BCUT2D eigenvalue weighted by atomic mass is 32.2. The average Bonchev–Trinajstić information content (AvgIpc) is 3.35. The fourth-order valence-corrected chi connectivity index (χ4v) is 3.73. The molecular formula is C19H15N5O5S. The first kappa shape index (κ1) is 19.3. The van der Waals surface area contributed by atoms with Gasteiger partial charge in [-0.1, -0.05) is 18.2 Å². The number of allylic oxidation sites excluding steroid dienone is 1. The van der Waals surface area contributed by atoms with Crippen LogP contribution in [-0.2, 0) is 9.84 Å². The Kier molecular flexibility index (Phi) is 4.80. The van der Waals surface area contributed by atoms with E-state index in [1.165, 1.54) is 29.6 Å². The molecule has 2 aromatic heterocycles. The highest BCUT2D eigenvalue weighted by molar-refractivity contribution is 7.97. The third-order valence-electron chi connectivity index (χ3n) is 4.18. The second-order valence-corrected chi connectivity index (χ2v) is 8.02. The van der Waals surface area contributed by atoms with E-state index >= 15 is 0 Å². The standard InChI is InChI=1S/C19H15N5O5S/c1-14-13-30(27,28)10-9-22(14)20-11-15-12-23(16-5-3-2-4-6-16)21-19(15)17-7-8-18(29-17)24(25)26/h2-13H,1H3. The number of furan rings is 1. The number of hydrazone groups is 1. The van der Waals surface area contributed by atoms with Crippen LogP contribution in [0.3, 0.4) is 0 Å². The van der Waals surface area contributed by atoms with E-state index < -0.39 is 20.6 Å². The van der Waals surface area contributed by atoms with Crippen molar-refractivity contribution in [2.75, 3.05) is 0 Å². The van der Waals surface area contributed by atoms with Crippen LogP contribution in [0.1, 0.15) is 12.5 Å². The topological polar surface area (TPSA) is 124 Å². The summed E-state index contributed by atoms with van der Waals surface area (Å²) in [5.41, 5.74) is 2.07. The summed E-state index contributed by atoms with van der Waals surface area (Å²) in [6, 6.07) is 12.0. The number of hydrogen-bond acceptors (Lipinski definition) is 8. The largest absolute Gasteiger partial charge is 0.433 e. The summed E-state index contributed by atoms with van der Waals surface area (Å²) in [6.45, 7) is 1.61. The van der Waals surface area contributed by atoms with Gasteiger partial charge in [0.2, 0.25) is 0 Å². The number of nitro groups is 1. The zero-order chi connectivity index (χ0) is 21.3. The Morgan fingerprint density at radius 1 is 1.20 bits per heavy atom. The third-order valence-corrected chi connectivity index (χ3v) is 5.35. The van der Waals surface area contributed by atoms with Crippen molar-refractivity contribution in [3.63, 3.8) is 0 Å². The van der Waals surface area contributed by atoms with Crippen molar-refractivity contribution in [2.45, 2.75) is 6.92 Å². The van der Waals surface area contributed by atoms with Crippen molar-refractivity contribution in [2.24, 2.45) is 5.10 Å². The molecule has 0 aliphatic carbocycles. The van der Waals surface area contributed by atoms with Gasteiger partial charge in [-0.05, 0) is 25.1 Å². The van der Waals surface area contributed by atoms with Gasteiger partial charge < -0.3 is 4.42 Å². The van der Waals surface area contributed by atoms with Gasteiger partial charge in [0.05, 0.1) is 34.5 Å². The normalized spacial score (nSPS) is 15.5. The van der Waals surface area contributed by atoms with Gasteiger partial charge in [0.25, 0.3) is 0 Å². The van der Waals surface area contributed by atoms with Crippen LogP contribution in [0, 0.1) is 10.1 Å². The van der Waals surface area contributed by atoms with E-state index in [4.69, 9.17) is 4.42 Å². The maximum Gasteiger partial charge on any atom is 0.433 e. The van der Waals surface area contributed by atoms with Crippen LogP contribution in [0.25, 0.3) is 17.1 Å². The lowest BCUT2D eigenvalue weighted by Gasteiger charge is -2.17. The lowest BCUT2D eigenvalue weighted by molar-refractivity contribution is -0.401. The van der Waals surface area contributed by atoms with E-state index in [9.17, 15) is 18.5 Å². The van der Waals surface area contributed by atoms with Crippen molar-refractivity contribution in [1.82, 2.24) is 14.8 Å². The molecule has 0 atom stereocenters. The monoisotopic (exact) mass is 425 g/mol. The zero-order valence-corrected chi connectivity index (χ0v) is 16.4. The van der Waals surface area contributed by atoms with E-state index in [-0.39, 0.29) is 5.76 Å². The molecule has 1 aliphatic rings. The van der Waals surface area contributed by atoms with Crippen LogP contribution in [-0.4, -0.2) is 34.3 Å². The second kappa shape index (κ2) is 7.44. The minimum Gasteiger partial charge on any atom is -0.399 e. The molecule has 3 aromatic rings. The molecule has 4 rings (SSSR count). The molecule has 0 unspecified atom stereocenters. The summed E-state index contributed by atoms with van der Waals surface area (Å²) in [6.07, 6.45) is 4.52.